The van der Waals surface area contributed by atoms with Crippen LogP contribution in [0.15, 0.2) is 36.5 Å². The molecule has 2 aliphatic rings. The van der Waals surface area contributed by atoms with Crippen molar-refractivity contribution in [3.8, 4) is 0 Å². The van der Waals surface area contributed by atoms with Crippen molar-refractivity contribution in [3.63, 3.8) is 0 Å². The quantitative estimate of drug-likeness (QED) is 0.869. The topological polar surface area (TPSA) is 33.2 Å². The number of carbonyl (C=O) groups excluding carboxylic acids is 1. The minimum atomic E-state index is 0.331. The average Bonchev–Trinajstić information content (AvgIpc) is 2.94. The van der Waals surface area contributed by atoms with Crippen LogP contribution >= 0.6 is 0 Å². The number of fused-ring (bicyclic) bond motifs is 1. The van der Waals surface area contributed by atoms with E-state index in [4.69, 9.17) is 0 Å². The largest absolute Gasteiger partial charge is 0.342 e. The van der Waals surface area contributed by atoms with Crippen LogP contribution in [0.2, 0.25) is 0 Å². The maximum absolute atomic E-state index is 12.4. The fraction of sp³-hybridized carbons (Fsp3) is 0.474. The lowest BCUT2D eigenvalue weighted by Gasteiger charge is -2.29. The van der Waals surface area contributed by atoms with Gasteiger partial charge >= 0.3 is 0 Å². The third kappa shape index (κ3) is 2.49. The van der Waals surface area contributed by atoms with E-state index in [1.54, 1.807) is 0 Å². The van der Waals surface area contributed by atoms with E-state index in [2.05, 4.69) is 34.1 Å². The number of rotatable bonds is 3. The molecule has 1 aliphatic heterocycles. The second kappa shape index (κ2) is 5.71. The minimum Gasteiger partial charge on any atom is -0.342 e. The average molecular weight is 294 g/mol. The van der Waals surface area contributed by atoms with Gasteiger partial charge in [0.05, 0.1) is 5.52 Å². The van der Waals surface area contributed by atoms with Gasteiger partial charge in [-0.2, -0.15) is 0 Å². The van der Waals surface area contributed by atoms with Crippen molar-refractivity contribution in [3.05, 3.63) is 42.1 Å². The summed E-state index contributed by atoms with van der Waals surface area (Å²) in [4.78, 5) is 19.0. The van der Waals surface area contributed by atoms with Crippen LogP contribution in [-0.4, -0.2) is 28.9 Å². The van der Waals surface area contributed by atoms with E-state index in [0.717, 1.165) is 44.3 Å². The van der Waals surface area contributed by atoms with Gasteiger partial charge in [-0.15, -0.1) is 0 Å². The van der Waals surface area contributed by atoms with Crippen LogP contribution in [0.1, 0.15) is 31.2 Å². The Hall–Kier alpha value is -1.90. The van der Waals surface area contributed by atoms with Gasteiger partial charge in [0.1, 0.15) is 0 Å². The zero-order valence-corrected chi connectivity index (χ0v) is 12.9. The van der Waals surface area contributed by atoms with Gasteiger partial charge in [0, 0.05) is 30.6 Å². The molecule has 1 atom stereocenters. The molecule has 2 heterocycles. The molecule has 1 aromatic carbocycles. The van der Waals surface area contributed by atoms with Crippen molar-refractivity contribution >= 4 is 16.8 Å². The number of nitrogens with zero attached hydrogens (tertiary/aromatic N) is 2. The lowest BCUT2D eigenvalue weighted by Crippen LogP contribution is -2.37. The summed E-state index contributed by atoms with van der Waals surface area (Å²) < 4.78 is 0. The monoisotopic (exact) mass is 294 g/mol. The number of carbonyl (C=O) groups is 1. The van der Waals surface area contributed by atoms with Crippen LogP contribution in [0.25, 0.3) is 10.9 Å². The summed E-state index contributed by atoms with van der Waals surface area (Å²) in [5.41, 5.74) is 2.44. The molecule has 4 rings (SSSR count). The fourth-order valence-electron chi connectivity index (χ4n) is 3.76. The van der Waals surface area contributed by atoms with Crippen LogP contribution in [-0.2, 0) is 11.2 Å². The first-order valence-corrected chi connectivity index (χ1v) is 8.42. The molecule has 22 heavy (non-hydrogen) atoms. The van der Waals surface area contributed by atoms with Gasteiger partial charge in [0.15, 0.2) is 0 Å². The first kappa shape index (κ1) is 13.7. The summed E-state index contributed by atoms with van der Waals surface area (Å²) >= 11 is 0. The number of pyridine rings is 1. The zero-order valence-electron chi connectivity index (χ0n) is 12.9. The van der Waals surface area contributed by atoms with Crippen molar-refractivity contribution in [2.45, 2.75) is 32.1 Å². The molecule has 2 aromatic rings. The van der Waals surface area contributed by atoms with E-state index in [-0.39, 0.29) is 0 Å². The summed E-state index contributed by atoms with van der Waals surface area (Å²) in [7, 11) is 0. The fourth-order valence-corrected chi connectivity index (χ4v) is 3.76. The van der Waals surface area contributed by atoms with Crippen molar-refractivity contribution in [1.29, 1.82) is 0 Å². The van der Waals surface area contributed by atoms with Gasteiger partial charge in [-0.3, -0.25) is 9.78 Å². The van der Waals surface area contributed by atoms with Crippen molar-refractivity contribution in [1.82, 2.24) is 9.88 Å². The van der Waals surface area contributed by atoms with E-state index in [0.29, 0.717) is 17.7 Å². The number of aromatic nitrogens is 1. The number of benzene rings is 1. The van der Waals surface area contributed by atoms with Gasteiger partial charge in [-0.25, -0.2) is 0 Å². The Morgan fingerprint density at radius 1 is 1.18 bits per heavy atom. The lowest BCUT2D eigenvalue weighted by molar-refractivity contribution is -0.137. The molecule has 1 aliphatic carbocycles. The zero-order chi connectivity index (χ0) is 14.9. The predicted molar refractivity (Wildman–Crippen MR) is 87.5 cm³/mol. The molecule has 114 valence electrons. The van der Waals surface area contributed by atoms with E-state index in [1.807, 2.05) is 12.3 Å². The number of amides is 1. The first-order chi connectivity index (χ1) is 10.8. The number of hydrogen-bond donors (Lipinski definition) is 0. The number of likely N-dealkylation sites (tertiary alicyclic amines) is 1. The second-order valence-electron chi connectivity index (χ2n) is 6.76. The van der Waals surface area contributed by atoms with Gasteiger partial charge in [-0.1, -0.05) is 30.7 Å². The summed E-state index contributed by atoms with van der Waals surface area (Å²) in [5, 5.41) is 1.21. The maximum atomic E-state index is 12.4. The number of hydrogen-bond acceptors (Lipinski definition) is 2. The Morgan fingerprint density at radius 3 is 2.86 bits per heavy atom. The van der Waals surface area contributed by atoms with Gasteiger partial charge < -0.3 is 4.90 Å². The molecule has 0 spiro atoms. The maximum Gasteiger partial charge on any atom is 0.225 e. The standard InChI is InChI=1S/C19H22N2O/c22-19(16-5-2-6-16)21-11-9-14(13-21)12-17-7-1-4-15-8-3-10-20-18(15)17/h1,3-4,7-8,10,14,16H,2,5-6,9,11-13H2. The highest BCUT2D eigenvalue weighted by atomic mass is 16.2. The normalized spacial score (nSPS) is 22.0. The van der Waals surface area contributed by atoms with Crippen molar-refractivity contribution < 1.29 is 4.79 Å². The molecule has 1 amide bonds. The molecule has 0 bridgehead atoms. The highest BCUT2D eigenvalue weighted by Crippen LogP contribution is 2.31. The second-order valence-corrected chi connectivity index (χ2v) is 6.76. The molecule has 1 saturated carbocycles. The van der Waals surface area contributed by atoms with Crippen LogP contribution in [0.5, 0.6) is 0 Å². The van der Waals surface area contributed by atoms with Crippen molar-refractivity contribution in [2.24, 2.45) is 11.8 Å². The minimum absolute atomic E-state index is 0.331. The molecular formula is C19H22N2O. The predicted octanol–water partition coefficient (Wildman–Crippen LogP) is 3.43. The Balaban J connectivity index is 1.46. The van der Waals surface area contributed by atoms with Gasteiger partial charge in [0.25, 0.3) is 0 Å². The Morgan fingerprint density at radius 2 is 2.05 bits per heavy atom. The highest BCUT2D eigenvalue weighted by molar-refractivity contribution is 5.82. The smallest absolute Gasteiger partial charge is 0.225 e. The van der Waals surface area contributed by atoms with Crippen LogP contribution in [0, 0.1) is 11.8 Å². The molecule has 3 nitrogen and oxygen atoms in total. The van der Waals surface area contributed by atoms with E-state index < -0.39 is 0 Å². The molecule has 0 N–H and O–H groups in total. The Labute approximate surface area is 131 Å². The van der Waals surface area contributed by atoms with E-state index in [9.17, 15) is 4.79 Å². The summed E-state index contributed by atoms with van der Waals surface area (Å²) in [6, 6.07) is 10.5. The Kier molecular flexibility index (Phi) is 3.57. The van der Waals surface area contributed by atoms with Crippen LogP contribution in [0.4, 0.5) is 0 Å². The molecule has 3 heteroatoms. The van der Waals surface area contributed by atoms with Gasteiger partial charge in [0.2, 0.25) is 5.91 Å². The molecule has 1 unspecified atom stereocenters. The third-order valence-corrected chi connectivity index (χ3v) is 5.28. The Bertz CT molecular complexity index is 687. The summed E-state index contributed by atoms with van der Waals surface area (Å²) in [6.45, 7) is 1.87. The van der Waals surface area contributed by atoms with Gasteiger partial charge in [-0.05, 0) is 43.2 Å². The summed E-state index contributed by atoms with van der Waals surface area (Å²) in [6.07, 6.45) is 7.47. The third-order valence-electron chi connectivity index (χ3n) is 5.28. The van der Waals surface area contributed by atoms with E-state index >= 15 is 0 Å². The first-order valence-electron chi connectivity index (χ1n) is 8.42. The highest BCUT2D eigenvalue weighted by Gasteiger charge is 2.33. The molecule has 0 radical (unpaired) electrons. The SMILES string of the molecule is O=C(C1CCC1)N1CCC(Cc2cccc3cccnc23)C1. The van der Waals surface area contributed by atoms with Crippen molar-refractivity contribution in [2.75, 3.05) is 13.1 Å². The lowest BCUT2D eigenvalue weighted by atomic mass is 9.84. The molecule has 2 fully saturated rings. The van der Waals surface area contributed by atoms with Crippen LogP contribution < -0.4 is 0 Å². The van der Waals surface area contributed by atoms with E-state index in [1.165, 1.54) is 17.4 Å². The van der Waals surface area contributed by atoms with Crippen LogP contribution in [0.3, 0.4) is 0 Å². The molecule has 1 saturated heterocycles. The molecule has 1 aromatic heterocycles. The molecular weight excluding hydrogens is 272 g/mol. The summed E-state index contributed by atoms with van der Waals surface area (Å²) in [5.74, 6) is 1.32. The number of para-hydroxylation sites is 1.